The van der Waals surface area contributed by atoms with Gasteiger partial charge in [-0.25, -0.2) is 4.79 Å². The molecule has 0 unspecified atom stereocenters. The number of amides is 1. The van der Waals surface area contributed by atoms with Crippen LogP contribution in [0.4, 0.5) is 4.79 Å². The number of ether oxygens (including phenoxy) is 1. The lowest BCUT2D eigenvalue weighted by atomic mass is 9.85. The van der Waals surface area contributed by atoms with Crippen LogP contribution in [-0.4, -0.2) is 23.4 Å². The molecule has 0 aliphatic carbocycles. The summed E-state index contributed by atoms with van der Waals surface area (Å²) in [5.74, 6) is 0.162. The van der Waals surface area contributed by atoms with E-state index in [-0.39, 0.29) is 24.5 Å². The van der Waals surface area contributed by atoms with Crippen LogP contribution in [0, 0.1) is 11.8 Å². The highest BCUT2D eigenvalue weighted by Gasteiger charge is 2.28. The summed E-state index contributed by atoms with van der Waals surface area (Å²) in [5.41, 5.74) is 0.425. The van der Waals surface area contributed by atoms with Crippen molar-refractivity contribution in [3.05, 3.63) is 35.9 Å². The number of carbonyl (C=O) groups is 1. The van der Waals surface area contributed by atoms with Crippen molar-refractivity contribution in [1.29, 1.82) is 0 Å². The summed E-state index contributed by atoms with van der Waals surface area (Å²) in [5, 5.41) is 12.6. The van der Waals surface area contributed by atoms with Crippen molar-refractivity contribution in [3.8, 4) is 0 Å². The first kappa shape index (κ1) is 17.5. The van der Waals surface area contributed by atoms with Crippen LogP contribution >= 0.6 is 0 Å². The highest BCUT2D eigenvalue weighted by Crippen LogP contribution is 2.28. The van der Waals surface area contributed by atoms with Crippen molar-refractivity contribution in [2.75, 3.05) is 6.61 Å². The number of aliphatic hydroxyl groups excluding tert-OH is 1. The maximum Gasteiger partial charge on any atom is 0.408 e. The number of nitrogens with one attached hydrogen (secondary N) is 1. The zero-order chi connectivity index (χ0) is 16.0. The van der Waals surface area contributed by atoms with Gasteiger partial charge in [-0.2, -0.15) is 0 Å². The third kappa shape index (κ3) is 5.76. The Hall–Kier alpha value is -1.55. The standard InChI is InChI=1S/C17H27NO3/c1-12(2)14(11-19)15(13-9-7-6-8-10-13)18-16(20)21-17(3,4)5/h6-10,12,14-15,19H,11H2,1-5H3,(H,18,20)/t14-,15+/m0/s1. The number of aliphatic hydroxyl groups is 1. The van der Waals surface area contributed by atoms with Crippen LogP contribution in [0.1, 0.15) is 46.2 Å². The van der Waals surface area contributed by atoms with Gasteiger partial charge in [0, 0.05) is 12.5 Å². The molecule has 2 atom stereocenters. The van der Waals surface area contributed by atoms with Gasteiger partial charge in [-0.15, -0.1) is 0 Å². The van der Waals surface area contributed by atoms with E-state index in [1.165, 1.54) is 0 Å². The van der Waals surface area contributed by atoms with Crippen molar-refractivity contribution in [3.63, 3.8) is 0 Å². The summed E-state index contributed by atoms with van der Waals surface area (Å²) >= 11 is 0. The number of rotatable bonds is 5. The molecule has 1 aromatic rings. The first-order chi connectivity index (χ1) is 9.74. The molecule has 0 aliphatic rings. The summed E-state index contributed by atoms with van der Waals surface area (Å²) in [7, 11) is 0. The quantitative estimate of drug-likeness (QED) is 0.873. The Morgan fingerprint density at radius 1 is 1.24 bits per heavy atom. The Morgan fingerprint density at radius 3 is 2.24 bits per heavy atom. The molecule has 0 bridgehead atoms. The number of alkyl carbamates (subject to hydrolysis) is 1. The summed E-state index contributed by atoms with van der Waals surface area (Å²) in [6, 6.07) is 9.41. The highest BCUT2D eigenvalue weighted by molar-refractivity contribution is 5.68. The van der Waals surface area contributed by atoms with Crippen molar-refractivity contribution in [1.82, 2.24) is 5.32 Å². The van der Waals surface area contributed by atoms with Gasteiger partial charge in [-0.05, 0) is 32.3 Å². The smallest absolute Gasteiger partial charge is 0.408 e. The van der Waals surface area contributed by atoms with Gasteiger partial charge in [-0.1, -0.05) is 44.2 Å². The van der Waals surface area contributed by atoms with E-state index >= 15 is 0 Å². The first-order valence-electron chi connectivity index (χ1n) is 7.40. The minimum Gasteiger partial charge on any atom is -0.444 e. The normalized spacial score (nSPS) is 14.6. The molecule has 0 saturated carbocycles. The second kappa shape index (κ2) is 7.46. The van der Waals surface area contributed by atoms with Gasteiger partial charge in [0.1, 0.15) is 5.60 Å². The summed E-state index contributed by atoms with van der Waals surface area (Å²) in [6.45, 7) is 9.57. The summed E-state index contributed by atoms with van der Waals surface area (Å²) < 4.78 is 5.33. The number of hydrogen-bond acceptors (Lipinski definition) is 3. The molecular formula is C17H27NO3. The number of hydrogen-bond donors (Lipinski definition) is 2. The van der Waals surface area contributed by atoms with E-state index in [1.54, 1.807) is 0 Å². The molecule has 1 amide bonds. The summed E-state index contributed by atoms with van der Waals surface area (Å²) in [4.78, 5) is 12.1. The van der Waals surface area contributed by atoms with Crippen LogP contribution in [-0.2, 0) is 4.74 Å². The van der Waals surface area contributed by atoms with E-state index in [0.717, 1.165) is 5.56 Å². The molecule has 1 aromatic carbocycles. The Bertz CT molecular complexity index is 437. The zero-order valence-corrected chi connectivity index (χ0v) is 13.6. The van der Waals surface area contributed by atoms with Crippen LogP contribution < -0.4 is 5.32 Å². The third-order valence-electron chi connectivity index (χ3n) is 3.33. The molecule has 1 rings (SSSR count). The predicted molar refractivity (Wildman–Crippen MR) is 84.0 cm³/mol. The lowest BCUT2D eigenvalue weighted by Gasteiger charge is -2.31. The lowest BCUT2D eigenvalue weighted by Crippen LogP contribution is -2.40. The third-order valence-corrected chi connectivity index (χ3v) is 3.33. The molecule has 118 valence electrons. The van der Waals surface area contributed by atoms with Crippen LogP contribution in [0.25, 0.3) is 0 Å². The Morgan fingerprint density at radius 2 is 1.81 bits per heavy atom. The molecule has 0 aliphatic heterocycles. The zero-order valence-electron chi connectivity index (χ0n) is 13.6. The van der Waals surface area contributed by atoms with E-state index in [2.05, 4.69) is 5.32 Å². The number of benzene rings is 1. The minimum atomic E-state index is -0.544. The van der Waals surface area contributed by atoms with Crippen molar-refractivity contribution in [2.24, 2.45) is 11.8 Å². The SMILES string of the molecule is CC(C)[C@H](CO)[C@H](NC(=O)OC(C)(C)C)c1ccccc1. The minimum absolute atomic E-state index is 0.00697. The second-order valence-corrected chi connectivity index (χ2v) is 6.63. The fourth-order valence-corrected chi connectivity index (χ4v) is 2.23. The van der Waals surface area contributed by atoms with E-state index in [1.807, 2.05) is 65.0 Å². The largest absolute Gasteiger partial charge is 0.444 e. The molecule has 0 aromatic heterocycles. The van der Waals surface area contributed by atoms with Crippen molar-refractivity contribution >= 4 is 6.09 Å². The molecule has 4 nitrogen and oxygen atoms in total. The van der Waals surface area contributed by atoms with Gasteiger partial charge in [0.05, 0.1) is 6.04 Å². The van der Waals surface area contributed by atoms with Gasteiger partial charge in [0.15, 0.2) is 0 Å². The van der Waals surface area contributed by atoms with Gasteiger partial charge in [-0.3, -0.25) is 0 Å². The van der Waals surface area contributed by atoms with Crippen molar-refractivity contribution < 1.29 is 14.6 Å². The molecule has 0 heterocycles. The second-order valence-electron chi connectivity index (χ2n) is 6.63. The maximum atomic E-state index is 12.1. The molecule has 4 heteroatoms. The van der Waals surface area contributed by atoms with Gasteiger partial charge < -0.3 is 15.2 Å². The fourth-order valence-electron chi connectivity index (χ4n) is 2.23. The van der Waals surface area contributed by atoms with Crippen LogP contribution in [0.3, 0.4) is 0 Å². The highest BCUT2D eigenvalue weighted by atomic mass is 16.6. The Labute approximate surface area is 127 Å². The average molecular weight is 293 g/mol. The lowest BCUT2D eigenvalue weighted by molar-refractivity contribution is 0.0450. The molecule has 0 spiro atoms. The predicted octanol–water partition coefficient (Wildman–Crippen LogP) is 3.52. The van der Waals surface area contributed by atoms with E-state index in [4.69, 9.17) is 4.74 Å². The Kier molecular flexibility index (Phi) is 6.21. The van der Waals surface area contributed by atoms with Crippen molar-refractivity contribution in [2.45, 2.75) is 46.3 Å². The fraction of sp³-hybridized carbons (Fsp3) is 0.588. The number of carbonyl (C=O) groups excluding carboxylic acids is 1. The molecule has 0 saturated heterocycles. The molecule has 0 radical (unpaired) electrons. The maximum absolute atomic E-state index is 12.1. The monoisotopic (exact) mass is 293 g/mol. The topological polar surface area (TPSA) is 58.6 Å². The average Bonchev–Trinajstić information content (AvgIpc) is 2.37. The van der Waals surface area contributed by atoms with E-state index in [0.29, 0.717) is 0 Å². The molecular weight excluding hydrogens is 266 g/mol. The van der Waals surface area contributed by atoms with Gasteiger partial charge in [0.2, 0.25) is 0 Å². The first-order valence-corrected chi connectivity index (χ1v) is 7.40. The van der Waals surface area contributed by atoms with Gasteiger partial charge >= 0.3 is 6.09 Å². The van der Waals surface area contributed by atoms with Crippen LogP contribution in [0.15, 0.2) is 30.3 Å². The van der Waals surface area contributed by atoms with E-state index in [9.17, 15) is 9.90 Å². The Balaban J connectivity index is 2.95. The van der Waals surface area contributed by atoms with Gasteiger partial charge in [0.25, 0.3) is 0 Å². The van der Waals surface area contributed by atoms with E-state index < -0.39 is 11.7 Å². The molecule has 21 heavy (non-hydrogen) atoms. The summed E-state index contributed by atoms with van der Waals surface area (Å²) in [6.07, 6.45) is -0.463. The molecule has 2 N–H and O–H groups in total. The van der Waals surface area contributed by atoms with Crippen LogP contribution in [0.5, 0.6) is 0 Å². The van der Waals surface area contributed by atoms with Crippen LogP contribution in [0.2, 0.25) is 0 Å². The molecule has 0 fully saturated rings.